The van der Waals surface area contributed by atoms with Gasteiger partial charge in [-0.15, -0.1) is 0 Å². The Morgan fingerprint density at radius 2 is 2.05 bits per heavy atom. The maximum atomic E-state index is 11.9. The lowest BCUT2D eigenvalue weighted by molar-refractivity contribution is -0.121. The molecule has 2 aliphatic rings. The maximum Gasteiger partial charge on any atom is 0.321 e. The molecule has 0 aromatic rings. The lowest BCUT2D eigenvalue weighted by Crippen LogP contribution is -2.50. The van der Waals surface area contributed by atoms with Crippen LogP contribution < -0.4 is 16.0 Å². The zero-order chi connectivity index (χ0) is 14.8. The Balaban J connectivity index is 1.74. The highest BCUT2D eigenvalue weighted by Crippen LogP contribution is 2.24. The molecule has 2 aliphatic heterocycles. The largest absolute Gasteiger partial charge is 0.333 e. The molecule has 114 valence electrons. The van der Waals surface area contributed by atoms with Gasteiger partial charge in [-0.3, -0.25) is 15.0 Å². The van der Waals surface area contributed by atoms with Gasteiger partial charge in [0.2, 0.25) is 5.91 Å². The number of urea groups is 1. The van der Waals surface area contributed by atoms with E-state index in [-0.39, 0.29) is 11.4 Å². The molecular weight excluding hydrogens is 256 g/mol. The van der Waals surface area contributed by atoms with Gasteiger partial charge in [-0.05, 0) is 46.1 Å². The van der Waals surface area contributed by atoms with Gasteiger partial charge in [-0.25, -0.2) is 4.79 Å². The Hall–Kier alpha value is -1.14. The second kappa shape index (κ2) is 6.10. The third-order valence-electron chi connectivity index (χ3n) is 3.78. The van der Waals surface area contributed by atoms with E-state index < -0.39 is 6.03 Å². The first-order valence-corrected chi connectivity index (χ1v) is 7.41. The minimum absolute atomic E-state index is 0.231. The maximum absolute atomic E-state index is 11.9. The zero-order valence-corrected chi connectivity index (χ0v) is 12.7. The van der Waals surface area contributed by atoms with Crippen LogP contribution in [-0.2, 0) is 4.79 Å². The van der Waals surface area contributed by atoms with E-state index in [1.807, 2.05) is 20.8 Å². The van der Waals surface area contributed by atoms with Gasteiger partial charge in [0.15, 0.2) is 0 Å². The first-order chi connectivity index (χ1) is 9.33. The molecule has 2 rings (SSSR count). The summed E-state index contributed by atoms with van der Waals surface area (Å²) in [7, 11) is 0. The summed E-state index contributed by atoms with van der Waals surface area (Å²) in [5.74, 6) is 0.422. The fourth-order valence-corrected chi connectivity index (χ4v) is 3.01. The average Bonchev–Trinajstić information content (AvgIpc) is 2.67. The Morgan fingerprint density at radius 1 is 1.30 bits per heavy atom. The number of hydrogen-bond donors (Lipinski definition) is 3. The summed E-state index contributed by atoms with van der Waals surface area (Å²) in [6.07, 6.45) is 2.45. The van der Waals surface area contributed by atoms with Crippen LogP contribution in [-0.4, -0.2) is 54.6 Å². The highest BCUT2D eigenvalue weighted by Gasteiger charge is 2.34. The number of likely N-dealkylation sites (tertiary alicyclic amines) is 1. The van der Waals surface area contributed by atoms with Crippen LogP contribution in [0.25, 0.3) is 0 Å². The SMILES string of the molecule is CC(C)(C)NC(=O)NC(=O)CN1C[C@@H]2CCCN[C@@H]2C1. The van der Waals surface area contributed by atoms with E-state index in [1.165, 1.54) is 12.8 Å². The molecule has 0 unspecified atom stereocenters. The first-order valence-electron chi connectivity index (χ1n) is 7.41. The molecule has 2 fully saturated rings. The number of hydrogen-bond acceptors (Lipinski definition) is 4. The number of rotatable bonds is 2. The molecule has 6 nitrogen and oxygen atoms in total. The predicted octanol–water partition coefficient (Wildman–Crippen LogP) is 0.295. The molecule has 0 spiro atoms. The van der Waals surface area contributed by atoms with Crippen LogP contribution in [0.15, 0.2) is 0 Å². The van der Waals surface area contributed by atoms with Crippen LogP contribution in [0, 0.1) is 5.92 Å². The number of imide groups is 1. The number of amides is 3. The normalized spacial score (nSPS) is 26.9. The van der Waals surface area contributed by atoms with E-state index in [2.05, 4.69) is 20.9 Å². The fourth-order valence-electron chi connectivity index (χ4n) is 3.01. The molecule has 0 radical (unpaired) electrons. The van der Waals surface area contributed by atoms with Crippen molar-refractivity contribution in [3.05, 3.63) is 0 Å². The van der Waals surface area contributed by atoms with E-state index in [0.717, 1.165) is 19.6 Å². The van der Waals surface area contributed by atoms with E-state index in [1.54, 1.807) is 0 Å². The molecule has 2 atom stereocenters. The lowest BCUT2D eigenvalue weighted by Gasteiger charge is -2.24. The van der Waals surface area contributed by atoms with Gasteiger partial charge in [0.1, 0.15) is 0 Å². The molecular formula is C14H26N4O2. The molecule has 6 heteroatoms. The van der Waals surface area contributed by atoms with E-state index in [0.29, 0.717) is 18.5 Å². The zero-order valence-electron chi connectivity index (χ0n) is 12.7. The summed E-state index contributed by atoms with van der Waals surface area (Å²) in [5, 5.41) is 8.62. The number of nitrogens with one attached hydrogen (secondary N) is 3. The minimum atomic E-state index is -0.419. The van der Waals surface area contributed by atoms with Crippen LogP contribution in [0.1, 0.15) is 33.6 Å². The van der Waals surface area contributed by atoms with Gasteiger partial charge in [0, 0.05) is 24.7 Å². The van der Waals surface area contributed by atoms with Gasteiger partial charge >= 0.3 is 6.03 Å². The number of piperidine rings is 1. The van der Waals surface area contributed by atoms with Crippen molar-refractivity contribution >= 4 is 11.9 Å². The number of nitrogens with zero attached hydrogens (tertiary/aromatic N) is 1. The standard InChI is InChI=1S/C14H26N4O2/c1-14(2,3)17-13(20)16-12(19)9-18-7-10-5-4-6-15-11(10)8-18/h10-11,15H,4-9H2,1-3H3,(H2,16,17,19,20)/t10-,11+/m0/s1. The molecule has 3 N–H and O–H groups in total. The van der Waals surface area contributed by atoms with Gasteiger partial charge in [0.05, 0.1) is 6.54 Å². The quantitative estimate of drug-likeness (QED) is 0.681. The molecule has 20 heavy (non-hydrogen) atoms. The summed E-state index contributed by atoms with van der Waals surface area (Å²) in [5.41, 5.74) is -0.336. The van der Waals surface area contributed by atoms with Gasteiger partial charge in [0.25, 0.3) is 0 Å². The van der Waals surface area contributed by atoms with Crippen LogP contribution in [0.2, 0.25) is 0 Å². The number of carbonyl (C=O) groups excluding carboxylic acids is 2. The van der Waals surface area contributed by atoms with Crippen molar-refractivity contribution in [3.63, 3.8) is 0 Å². The summed E-state index contributed by atoms with van der Waals surface area (Å²) in [4.78, 5) is 25.6. The monoisotopic (exact) mass is 282 g/mol. The second-order valence-electron chi connectivity index (χ2n) is 6.91. The summed E-state index contributed by atoms with van der Waals surface area (Å²) >= 11 is 0. The summed E-state index contributed by atoms with van der Waals surface area (Å²) < 4.78 is 0. The van der Waals surface area contributed by atoms with Crippen LogP contribution >= 0.6 is 0 Å². The Bertz CT molecular complexity index is 364. The van der Waals surface area contributed by atoms with Crippen molar-refractivity contribution in [1.29, 1.82) is 0 Å². The van der Waals surface area contributed by atoms with Gasteiger partial charge < -0.3 is 10.6 Å². The highest BCUT2D eigenvalue weighted by molar-refractivity contribution is 5.95. The predicted molar refractivity (Wildman–Crippen MR) is 77.4 cm³/mol. The van der Waals surface area contributed by atoms with Crippen molar-refractivity contribution in [3.8, 4) is 0 Å². The smallest absolute Gasteiger partial charge is 0.321 e. The Kier molecular flexibility index (Phi) is 4.65. The second-order valence-corrected chi connectivity index (χ2v) is 6.91. The molecule has 0 aromatic heterocycles. The number of fused-ring (bicyclic) bond motifs is 1. The molecule has 0 bridgehead atoms. The van der Waals surface area contributed by atoms with Crippen molar-refractivity contribution in [2.45, 2.75) is 45.2 Å². The van der Waals surface area contributed by atoms with Crippen LogP contribution in [0.4, 0.5) is 4.79 Å². The molecule has 2 saturated heterocycles. The Morgan fingerprint density at radius 3 is 2.70 bits per heavy atom. The van der Waals surface area contributed by atoms with Crippen molar-refractivity contribution < 1.29 is 9.59 Å². The van der Waals surface area contributed by atoms with E-state index in [4.69, 9.17) is 0 Å². The minimum Gasteiger partial charge on any atom is -0.333 e. The van der Waals surface area contributed by atoms with Crippen molar-refractivity contribution in [2.24, 2.45) is 5.92 Å². The van der Waals surface area contributed by atoms with Crippen LogP contribution in [0.3, 0.4) is 0 Å². The van der Waals surface area contributed by atoms with Crippen molar-refractivity contribution in [1.82, 2.24) is 20.9 Å². The van der Waals surface area contributed by atoms with Gasteiger partial charge in [-0.1, -0.05) is 0 Å². The highest BCUT2D eigenvalue weighted by atomic mass is 16.2. The van der Waals surface area contributed by atoms with Crippen molar-refractivity contribution in [2.75, 3.05) is 26.2 Å². The molecule has 3 amide bonds. The van der Waals surface area contributed by atoms with Gasteiger partial charge in [-0.2, -0.15) is 0 Å². The summed E-state index contributed by atoms with van der Waals surface area (Å²) in [6.45, 7) is 8.88. The van der Waals surface area contributed by atoms with E-state index in [9.17, 15) is 9.59 Å². The third kappa shape index (κ3) is 4.45. The topological polar surface area (TPSA) is 73.5 Å². The molecule has 0 aromatic carbocycles. The van der Waals surface area contributed by atoms with Crippen LogP contribution in [0.5, 0.6) is 0 Å². The number of carbonyl (C=O) groups is 2. The average molecular weight is 282 g/mol. The van der Waals surface area contributed by atoms with E-state index >= 15 is 0 Å². The third-order valence-corrected chi connectivity index (χ3v) is 3.78. The summed E-state index contributed by atoms with van der Waals surface area (Å²) in [6, 6.07) is 0.0946. The molecule has 2 heterocycles. The molecule has 0 saturated carbocycles. The Labute approximate surface area is 120 Å². The fraction of sp³-hybridized carbons (Fsp3) is 0.857. The first kappa shape index (κ1) is 15.3. The molecule has 0 aliphatic carbocycles. The lowest BCUT2D eigenvalue weighted by atomic mass is 9.94.